The van der Waals surface area contributed by atoms with E-state index in [2.05, 4.69) is 19.3 Å². The van der Waals surface area contributed by atoms with Crippen LogP contribution >= 0.6 is 24.0 Å². The molecular weight excluding hydrogens is 537 g/mol. The lowest BCUT2D eigenvalue weighted by atomic mass is 10.0. The topological polar surface area (TPSA) is 12.0 Å². The maximum atomic E-state index is 3.24. The van der Waals surface area contributed by atoms with Crippen LogP contribution in [0.5, 0.6) is 0 Å². The molecule has 0 spiro atoms. The molecule has 0 aromatic rings. The number of hydrogen-bond donors (Lipinski definition) is 1. The standard InChI is InChI=1S/C33H69N.HI/c1-3-4-5-6-7-8-9-10-11-12-13-14-15-16-17-18-19-20-21-22-23-24-25-26-27-28-29-30-31-32-33-34-2;/h34H,3-33H2,1-2H3;1H. The molecule has 0 atom stereocenters. The first-order chi connectivity index (χ1) is 16.9. The molecule has 35 heavy (non-hydrogen) atoms. The van der Waals surface area contributed by atoms with Crippen molar-refractivity contribution in [2.75, 3.05) is 13.6 Å². The van der Waals surface area contributed by atoms with Crippen LogP contribution in [-0.4, -0.2) is 13.6 Å². The van der Waals surface area contributed by atoms with Crippen molar-refractivity contribution < 1.29 is 0 Å². The Morgan fingerprint density at radius 1 is 0.286 bits per heavy atom. The average molecular weight is 608 g/mol. The summed E-state index contributed by atoms with van der Waals surface area (Å²) < 4.78 is 0. The molecule has 0 saturated heterocycles. The van der Waals surface area contributed by atoms with Gasteiger partial charge in [-0.25, -0.2) is 0 Å². The monoisotopic (exact) mass is 607 g/mol. The minimum Gasteiger partial charge on any atom is -0.320 e. The molecule has 0 heterocycles. The number of rotatable bonds is 31. The first-order valence-electron chi connectivity index (χ1n) is 16.6. The summed E-state index contributed by atoms with van der Waals surface area (Å²) in [4.78, 5) is 0. The number of hydrogen-bond acceptors (Lipinski definition) is 1. The van der Waals surface area contributed by atoms with Crippen LogP contribution in [-0.2, 0) is 0 Å². The van der Waals surface area contributed by atoms with E-state index in [4.69, 9.17) is 0 Å². The molecule has 0 bridgehead atoms. The second kappa shape index (κ2) is 36.8. The Morgan fingerprint density at radius 2 is 0.457 bits per heavy atom. The van der Waals surface area contributed by atoms with Crippen LogP contribution in [0.2, 0.25) is 0 Å². The molecule has 0 rings (SSSR count). The molecule has 0 fully saturated rings. The summed E-state index contributed by atoms with van der Waals surface area (Å²) in [5, 5.41) is 3.24. The molecule has 0 unspecified atom stereocenters. The van der Waals surface area contributed by atoms with Gasteiger partial charge in [-0.3, -0.25) is 0 Å². The highest BCUT2D eigenvalue weighted by atomic mass is 127. The van der Waals surface area contributed by atoms with Crippen LogP contribution < -0.4 is 5.32 Å². The summed E-state index contributed by atoms with van der Waals surface area (Å²) in [5.41, 5.74) is 0. The Balaban J connectivity index is 0. The molecule has 0 amide bonds. The van der Waals surface area contributed by atoms with E-state index in [-0.39, 0.29) is 24.0 Å². The molecule has 0 aromatic carbocycles. The second-order valence-electron chi connectivity index (χ2n) is 11.4. The first kappa shape index (κ1) is 37.8. The van der Waals surface area contributed by atoms with Crippen LogP contribution in [0.15, 0.2) is 0 Å². The molecule has 0 aliphatic rings. The van der Waals surface area contributed by atoms with E-state index in [1.165, 1.54) is 199 Å². The summed E-state index contributed by atoms with van der Waals surface area (Å²) in [5.74, 6) is 0. The fraction of sp³-hybridized carbons (Fsp3) is 1.00. The van der Waals surface area contributed by atoms with Crippen molar-refractivity contribution in [3.63, 3.8) is 0 Å². The fourth-order valence-electron chi connectivity index (χ4n) is 5.32. The molecule has 0 saturated carbocycles. The van der Waals surface area contributed by atoms with Gasteiger partial charge in [0, 0.05) is 0 Å². The molecular formula is C33H70IN. The summed E-state index contributed by atoms with van der Waals surface area (Å²) in [6.07, 6.45) is 44.2. The van der Waals surface area contributed by atoms with Crippen molar-refractivity contribution in [1.29, 1.82) is 0 Å². The maximum Gasteiger partial charge on any atom is -0.00519 e. The molecule has 0 radical (unpaired) electrons. The SMILES string of the molecule is CCCCCCCCCCCCCCCCCCCCCCCCCCCCCCCCNC.I. The van der Waals surface area contributed by atoms with Gasteiger partial charge in [0.25, 0.3) is 0 Å². The van der Waals surface area contributed by atoms with Crippen LogP contribution in [0.25, 0.3) is 0 Å². The molecule has 0 aromatic heterocycles. The quantitative estimate of drug-likeness (QED) is 0.0611. The van der Waals surface area contributed by atoms with E-state index in [0.29, 0.717) is 0 Å². The van der Waals surface area contributed by atoms with Crippen molar-refractivity contribution in [2.24, 2.45) is 0 Å². The van der Waals surface area contributed by atoms with Gasteiger partial charge in [0.1, 0.15) is 0 Å². The minimum atomic E-state index is 0. The predicted octanol–water partition coefficient (Wildman–Crippen LogP) is 12.5. The third-order valence-corrected chi connectivity index (χ3v) is 7.78. The Labute approximate surface area is 241 Å². The summed E-state index contributed by atoms with van der Waals surface area (Å²) in [7, 11) is 2.06. The molecule has 2 heteroatoms. The van der Waals surface area contributed by atoms with Crippen molar-refractivity contribution in [2.45, 2.75) is 200 Å². The molecule has 1 nitrogen and oxygen atoms in total. The molecule has 0 aliphatic heterocycles. The zero-order valence-electron chi connectivity index (χ0n) is 24.8. The van der Waals surface area contributed by atoms with E-state index in [0.717, 1.165) is 0 Å². The van der Waals surface area contributed by atoms with Gasteiger partial charge in [0.2, 0.25) is 0 Å². The average Bonchev–Trinajstić information content (AvgIpc) is 2.85. The fourth-order valence-corrected chi connectivity index (χ4v) is 5.32. The van der Waals surface area contributed by atoms with Gasteiger partial charge in [0.15, 0.2) is 0 Å². The van der Waals surface area contributed by atoms with Crippen molar-refractivity contribution >= 4 is 24.0 Å². The van der Waals surface area contributed by atoms with E-state index in [9.17, 15) is 0 Å². The van der Waals surface area contributed by atoms with E-state index < -0.39 is 0 Å². The zero-order chi connectivity index (χ0) is 24.6. The van der Waals surface area contributed by atoms with Crippen molar-refractivity contribution in [1.82, 2.24) is 5.32 Å². The van der Waals surface area contributed by atoms with Gasteiger partial charge in [-0.15, -0.1) is 24.0 Å². The second-order valence-corrected chi connectivity index (χ2v) is 11.4. The summed E-state index contributed by atoms with van der Waals surface area (Å²) in [6.45, 7) is 3.50. The first-order valence-corrected chi connectivity index (χ1v) is 16.6. The van der Waals surface area contributed by atoms with Gasteiger partial charge in [-0.2, -0.15) is 0 Å². The van der Waals surface area contributed by atoms with Gasteiger partial charge >= 0.3 is 0 Å². The number of unbranched alkanes of at least 4 members (excludes halogenated alkanes) is 29. The van der Waals surface area contributed by atoms with E-state index >= 15 is 0 Å². The number of nitrogens with one attached hydrogen (secondary N) is 1. The highest BCUT2D eigenvalue weighted by molar-refractivity contribution is 14.0. The molecule has 214 valence electrons. The van der Waals surface area contributed by atoms with E-state index in [1.54, 1.807) is 0 Å². The third-order valence-electron chi connectivity index (χ3n) is 7.78. The Bertz CT molecular complexity index is 301. The van der Waals surface area contributed by atoms with Crippen LogP contribution in [0.1, 0.15) is 200 Å². The van der Waals surface area contributed by atoms with E-state index in [1.807, 2.05) is 0 Å². The Morgan fingerprint density at radius 3 is 0.629 bits per heavy atom. The smallest absolute Gasteiger partial charge is 0.00519 e. The Kier molecular flexibility index (Phi) is 39.8. The summed E-state index contributed by atoms with van der Waals surface area (Å²) >= 11 is 0. The van der Waals surface area contributed by atoms with Crippen LogP contribution in [0, 0.1) is 0 Å². The van der Waals surface area contributed by atoms with Crippen molar-refractivity contribution in [3.8, 4) is 0 Å². The summed E-state index contributed by atoms with van der Waals surface area (Å²) in [6, 6.07) is 0. The lowest BCUT2D eigenvalue weighted by Crippen LogP contribution is -2.06. The van der Waals surface area contributed by atoms with Gasteiger partial charge < -0.3 is 5.32 Å². The predicted molar refractivity (Wildman–Crippen MR) is 174 cm³/mol. The number of halogens is 1. The maximum absolute atomic E-state index is 3.24. The largest absolute Gasteiger partial charge is 0.320 e. The highest BCUT2D eigenvalue weighted by Crippen LogP contribution is 2.16. The third kappa shape index (κ3) is 36.9. The van der Waals surface area contributed by atoms with Gasteiger partial charge in [-0.05, 0) is 20.0 Å². The molecule has 1 N–H and O–H groups in total. The zero-order valence-corrected chi connectivity index (χ0v) is 27.2. The molecule has 0 aliphatic carbocycles. The van der Waals surface area contributed by atoms with Gasteiger partial charge in [0.05, 0.1) is 0 Å². The lowest BCUT2D eigenvalue weighted by molar-refractivity contribution is 0.512. The lowest BCUT2D eigenvalue weighted by Gasteiger charge is -2.04. The van der Waals surface area contributed by atoms with Crippen LogP contribution in [0.3, 0.4) is 0 Å². The Hall–Kier alpha value is 0.690. The van der Waals surface area contributed by atoms with Crippen LogP contribution in [0.4, 0.5) is 0 Å². The normalized spacial score (nSPS) is 11.1. The highest BCUT2D eigenvalue weighted by Gasteiger charge is 1.96. The minimum absolute atomic E-state index is 0. The van der Waals surface area contributed by atoms with Crippen molar-refractivity contribution in [3.05, 3.63) is 0 Å². The van der Waals surface area contributed by atoms with Gasteiger partial charge in [-0.1, -0.05) is 193 Å².